The van der Waals surface area contributed by atoms with Crippen LogP contribution in [0.3, 0.4) is 0 Å². The molecule has 0 saturated carbocycles. The number of anilines is 1. The Hall–Kier alpha value is -0.270. The van der Waals surface area contributed by atoms with Crippen molar-refractivity contribution in [3.05, 3.63) is 12.7 Å². The van der Waals surface area contributed by atoms with Crippen molar-refractivity contribution in [2.45, 2.75) is 239 Å². The first-order chi connectivity index (χ1) is 30.9. The molecule has 0 spiro atoms. The Morgan fingerprint density at radius 1 is 0.619 bits per heavy atom. The molecule has 2 aromatic heterocycles. The minimum absolute atomic E-state index is 0.112. The van der Waals surface area contributed by atoms with Gasteiger partial charge in [0.05, 0.1) is 32.2 Å². The lowest BCUT2D eigenvalue weighted by molar-refractivity contribution is 0.0675. The third-order valence-electron chi connectivity index (χ3n) is 11.8. The number of aromatic nitrogens is 4. The number of nitrogens with two attached hydrogens (primary N) is 1. The molecule has 0 fully saturated rings. The van der Waals surface area contributed by atoms with Crippen molar-refractivity contribution in [2.75, 3.05) is 48.3 Å². The Balaban J connectivity index is 1.58. The molecule has 0 saturated heterocycles. The van der Waals surface area contributed by atoms with Gasteiger partial charge in [-0.2, -0.15) is 0 Å². The van der Waals surface area contributed by atoms with Gasteiger partial charge in [0.2, 0.25) is 0 Å². The van der Waals surface area contributed by atoms with Crippen LogP contribution in [0.1, 0.15) is 226 Å². The first kappa shape index (κ1) is 58.9. The monoisotopic (exact) mass is 976 g/mol. The highest BCUT2D eigenvalue weighted by Gasteiger charge is 2.27. The van der Waals surface area contributed by atoms with E-state index in [1.54, 1.807) is 17.1 Å². The van der Waals surface area contributed by atoms with E-state index in [0.29, 0.717) is 42.5 Å². The summed E-state index contributed by atoms with van der Waals surface area (Å²) in [6, 6.07) is 0. The normalized spacial score (nSPS) is 13.8. The van der Waals surface area contributed by atoms with Gasteiger partial charge in [-0.05, 0) is 25.5 Å². The van der Waals surface area contributed by atoms with Crippen LogP contribution in [-0.4, -0.2) is 68.2 Å². The zero-order valence-electron chi connectivity index (χ0n) is 40.6. The van der Waals surface area contributed by atoms with Crippen molar-refractivity contribution in [3.8, 4) is 0 Å². The molecular formula is C49H94N5O4PS4. The molecule has 0 aliphatic rings. The maximum Gasteiger partial charge on any atom is 0.356 e. The van der Waals surface area contributed by atoms with E-state index in [1.165, 1.54) is 205 Å². The first-order valence-electron chi connectivity index (χ1n) is 25.9. The lowest BCUT2D eigenvalue weighted by Crippen LogP contribution is -2.19. The van der Waals surface area contributed by atoms with Gasteiger partial charge >= 0.3 is 7.60 Å². The summed E-state index contributed by atoms with van der Waals surface area (Å²) < 4.78 is 34.0. The molecule has 0 aromatic carbocycles. The number of fused-ring (bicyclic) bond motifs is 1. The number of unbranched alkanes of at least 4 members (excludes halogenated alkanes) is 30. The highest BCUT2D eigenvalue weighted by molar-refractivity contribution is 8.76. The molecule has 0 amide bonds. The zero-order chi connectivity index (χ0) is 45.3. The average Bonchev–Trinajstić information content (AvgIpc) is 3.69. The fraction of sp³-hybridized carbons (Fsp3) is 0.898. The topological polar surface area (TPSA) is 114 Å². The Morgan fingerprint density at radius 3 is 1.57 bits per heavy atom. The molecule has 14 heteroatoms. The molecule has 0 radical (unpaired) electrons. The van der Waals surface area contributed by atoms with E-state index in [4.69, 9.17) is 30.7 Å². The van der Waals surface area contributed by atoms with Crippen LogP contribution in [0.4, 0.5) is 5.82 Å². The van der Waals surface area contributed by atoms with E-state index >= 15 is 0 Å². The summed E-state index contributed by atoms with van der Waals surface area (Å²) in [7, 11) is -0.00345. The van der Waals surface area contributed by atoms with Crippen LogP contribution in [0.15, 0.2) is 12.7 Å². The van der Waals surface area contributed by atoms with Crippen LogP contribution in [0.5, 0.6) is 0 Å². The number of rotatable bonds is 48. The van der Waals surface area contributed by atoms with Crippen molar-refractivity contribution in [1.82, 2.24) is 19.5 Å². The molecule has 9 nitrogen and oxygen atoms in total. The van der Waals surface area contributed by atoms with E-state index in [2.05, 4.69) is 28.8 Å². The summed E-state index contributed by atoms with van der Waals surface area (Å²) in [4.78, 5) is 12.7. The standard InChI is InChI=1S/C49H94N5O4PS4/c1-4-6-8-10-12-14-16-18-20-22-24-26-28-30-32-34-38-61-62-39-36-57-59(55,45-56-46(3)42-54-44-53-47-48(50)51-43-52-49(47)54)58-37-41-63(60)40-35-33-31-29-27-25-23-21-19-17-15-13-11-9-7-5-2/h43-44,46H,4-42,45H2,1-3H3,(H2,50,51,52)/t46-,59?,63?/m1/s1. The zero-order valence-corrected chi connectivity index (χ0v) is 44.8. The number of nitrogen functional groups attached to an aromatic ring is 1. The highest BCUT2D eigenvalue weighted by Crippen LogP contribution is 2.48. The third-order valence-corrected chi connectivity index (χ3v) is 18.3. The highest BCUT2D eigenvalue weighted by atomic mass is 33.1. The van der Waals surface area contributed by atoms with E-state index in [9.17, 15) is 4.57 Å². The largest absolute Gasteiger partial charge is 0.382 e. The van der Waals surface area contributed by atoms with Crippen molar-refractivity contribution < 1.29 is 18.3 Å². The second-order valence-corrected chi connectivity index (χ2v) is 25.6. The third kappa shape index (κ3) is 33.0. The van der Waals surface area contributed by atoms with Crippen LogP contribution >= 0.6 is 29.2 Å². The number of nitrogens with zero attached hydrogens (tertiary/aromatic N) is 4. The minimum atomic E-state index is -3.49. The van der Waals surface area contributed by atoms with Gasteiger partial charge in [0.25, 0.3) is 0 Å². The molecule has 3 atom stereocenters. The van der Waals surface area contributed by atoms with Crippen LogP contribution in [0, 0.1) is 0 Å². The average molecular weight is 977 g/mol. The molecule has 2 aromatic rings. The fourth-order valence-corrected chi connectivity index (χ4v) is 13.1. The Bertz CT molecular complexity index is 1410. The van der Waals surface area contributed by atoms with Gasteiger partial charge in [-0.1, -0.05) is 239 Å². The molecule has 2 N–H and O–H groups in total. The summed E-state index contributed by atoms with van der Waals surface area (Å²) in [5.74, 6) is 3.96. The van der Waals surface area contributed by atoms with Crippen molar-refractivity contribution in [2.24, 2.45) is 0 Å². The lowest BCUT2D eigenvalue weighted by Gasteiger charge is -2.21. The summed E-state index contributed by atoms with van der Waals surface area (Å²) in [6.07, 6.45) is 46.8. The van der Waals surface area contributed by atoms with Gasteiger partial charge in [-0.15, -0.1) is 9.45 Å². The predicted octanol–water partition coefficient (Wildman–Crippen LogP) is 16.0. The molecular weight excluding hydrogens is 882 g/mol. The Kier molecular flexibility index (Phi) is 39.1. The summed E-state index contributed by atoms with van der Waals surface area (Å²) in [6.45, 7) is 7.66. The van der Waals surface area contributed by atoms with Crippen molar-refractivity contribution >= 4 is 66.8 Å². The Morgan fingerprint density at radius 2 is 1.06 bits per heavy atom. The van der Waals surface area contributed by atoms with Crippen LogP contribution < -0.4 is 5.73 Å². The number of hydrogen-bond donors (Lipinski definition) is 1. The van der Waals surface area contributed by atoms with Crippen LogP contribution in [0.2, 0.25) is 0 Å². The molecule has 368 valence electrons. The summed E-state index contributed by atoms with van der Waals surface area (Å²) in [5.41, 5.74) is 7.18. The van der Waals surface area contributed by atoms with E-state index in [1.807, 2.05) is 22.3 Å². The van der Waals surface area contributed by atoms with Gasteiger partial charge in [0.1, 0.15) is 18.2 Å². The van der Waals surface area contributed by atoms with Crippen molar-refractivity contribution in [1.29, 1.82) is 0 Å². The van der Waals surface area contributed by atoms with E-state index in [0.717, 1.165) is 23.7 Å². The second kappa shape index (κ2) is 41.9. The molecule has 2 rings (SSSR count). The fourth-order valence-electron chi connectivity index (χ4n) is 7.91. The smallest absolute Gasteiger partial charge is 0.356 e. The van der Waals surface area contributed by atoms with Crippen molar-refractivity contribution in [3.63, 3.8) is 0 Å². The van der Waals surface area contributed by atoms with Crippen LogP contribution in [0.25, 0.3) is 11.2 Å². The number of imidazole rings is 1. The summed E-state index contributed by atoms with van der Waals surface area (Å²) >= 11 is 5.83. The lowest BCUT2D eigenvalue weighted by atomic mass is 10.0. The van der Waals surface area contributed by atoms with Gasteiger partial charge in [0, 0.05) is 17.3 Å². The first-order valence-corrected chi connectivity index (χ1v) is 32.6. The molecule has 0 bridgehead atoms. The molecule has 2 unspecified atom stereocenters. The van der Waals surface area contributed by atoms with Gasteiger partial charge in [0.15, 0.2) is 11.5 Å². The van der Waals surface area contributed by atoms with Gasteiger partial charge < -0.3 is 24.1 Å². The van der Waals surface area contributed by atoms with E-state index in [-0.39, 0.29) is 21.9 Å². The summed E-state index contributed by atoms with van der Waals surface area (Å²) in [5, 5.41) is 0. The minimum Gasteiger partial charge on any atom is -0.382 e. The molecule has 0 aliphatic heterocycles. The molecule has 63 heavy (non-hydrogen) atoms. The van der Waals surface area contributed by atoms with E-state index < -0.39 is 7.60 Å². The Labute approximate surface area is 402 Å². The maximum absolute atomic E-state index is 14.0. The van der Waals surface area contributed by atoms with Gasteiger partial charge in [-0.3, -0.25) is 4.57 Å². The molecule has 2 heterocycles. The predicted molar refractivity (Wildman–Crippen MR) is 283 cm³/mol. The number of ether oxygens (including phenoxy) is 1. The quantitative estimate of drug-likeness (QED) is 0.0388. The SMILES string of the molecule is CCCCCCCCCCCCCCCCCCSSCCOP(=O)(CO[C@H](C)Cn1cnc2c(N)ncnc21)OCCS(=S)CCCCCCCCCCCCCCCCCC. The second-order valence-electron chi connectivity index (χ2n) is 17.8. The maximum atomic E-state index is 14.0. The number of hydrogen-bond acceptors (Lipinski definition) is 11. The molecule has 0 aliphatic carbocycles. The van der Waals surface area contributed by atoms with Crippen LogP contribution in [-0.2, 0) is 45.5 Å². The van der Waals surface area contributed by atoms with Gasteiger partial charge in [-0.25, -0.2) is 15.0 Å².